The Kier molecular flexibility index (Phi) is 4.09. The number of rotatable bonds is 3. The van der Waals surface area contributed by atoms with Gasteiger partial charge in [0.15, 0.2) is 5.11 Å². The van der Waals surface area contributed by atoms with E-state index in [-0.39, 0.29) is 6.04 Å². The van der Waals surface area contributed by atoms with Crippen molar-refractivity contribution < 1.29 is 9.47 Å². The molecule has 1 aliphatic heterocycles. The van der Waals surface area contributed by atoms with E-state index in [1.54, 1.807) is 14.2 Å². The maximum atomic E-state index is 5.60. The van der Waals surface area contributed by atoms with Crippen molar-refractivity contribution in [3.63, 3.8) is 0 Å². The van der Waals surface area contributed by atoms with Gasteiger partial charge in [-0.05, 0) is 54.4 Å². The molecule has 0 amide bonds. The molecule has 2 aliphatic rings. The molecular formula is C20H20N2O2S. The van der Waals surface area contributed by atoms with E-state index < -0.39 is 0 Å². The van der Waals surface area contributed by atoms with E-state index in [1.807, 2.05) is 18.2 Å². The third-order valence-electron chi connectivity index (χ3n) is 4.88. The monoisotopic (exact) mass is 352 g/mol. The van der Waals surface area contributed by atoms with Gasteiger partial charge in [0.1, 0.15) is 11.5 Å². The summed E-state index contributed by atoms with van der Waals surface area (Å²) in [7, 11) is 3.36. The Morgan fingerprint density at radius 2 is 1.88 bits per heavy atom. The van der Waals surface area contributed by atoms with Gasteiger partial charge in [-0.2, -0.15) is 0 Å². The van der Waals surface area contributed by atoms with Gasteiger partial charge >= 0.3 is 0 Å². The van der Waals surface area contributed by atoms with Crippen LogP contribution >= 0.6 is 12.2 Å². The van der Waals surface area contributed by atoms with Gasteiger partial charge in [0.25, 0.3) is 0 Å². The summed E-state index contributed by atoms with van der Waals surface area (Å²) in [6, 6.07) is 14.4. The maximum absolute atomic E-state index is 5.60. The van der Waals surface area contributed by atoms with Crippen LogP contribution in [0.15, 0.2) is 48.0 Å². The highest BCUT2D eigenvalue weighted by Crippen LogP contribution is 2.42. The van der Waals surface area contributed by atoms with Gasteiger partial charge in [-0.25, -0.2) is 0 Å². The second-order valence-corrected chi connectivity index (χ2v) is 6.60. The van der Waals surface area contributed by atoms with Crippen molar-refractivity contribution >= 4 is 23.0 Å². The van der Waals surface area contributed by atoms with Gasteiger partial charge in [-0.3, -0.25) is 0 Å². The van der Waals surface area contributed by atoms with Crippen LogP contribution in [-0.4, -0.2) is 19.3 Å². The lowest BCUT2D eigenvalue weighted by Crippen LogP contribution is -2.44. The molecule has 2 N–H and O–H groups in total. The summed E-state index contributed by atoms with van der Waals surface area (Å²) in [5, 5.41) is 7.41. The number of benzene rings is 2. The molecule has 4 rings (SSSR count). The van der Waals surface area contributed by atoms with Gasteiger partial charge in [0.05, 0.1) is 20.3 Å². The number of methoxy groups -OCH3 is 2. The standard InChI is InChI=1S/C20H20N2O2S/c1-23-13-8-10-17(24-2)16(11-13)19-15-9-7-12-5-3-4-6-14(12)18(15)21-20(25)22-19/h3-6,8,10-11,19H,7,9H2,1-2H3,(H2,21,22,25)/t19-/m1/s1. The molecule has 0 unspecified atom stereocenters. The lowest BCUT2D eigenvalue weighted by atomic mass is 9.82. The first kappa shape index (κ1) is 16.0. The van der Waals surface area contributed by atoms with Gasteiger partial charge < -0.3 is 20.1 Å². The third-order valence-corrected chi connectivity index (χ3v) is 5.10. The molecule has 0 saturated heterocycles. The highest BCUT2D eigenvalue weighted by molar-refractivity contribution is 7.80. The average Bonchev–Trinajstić information content (AvgIpc) is 2.66. The van der Waals surface area contributed by atoms with Crippen LogP contribution in [0.4, 0.5) is 0 Å². The molecule has 0 radical (unpaired) electrons. The van der Waals surface area contributed by atoms with E-state index in [9.17, 15) is 0 Å². The van der Waals surface area contributed by atoms with Crippen molar-refractivity contribution in [3.05, 3.63) is 64.7 Å². The van der Waals surface area contributed by atoms with Crippen molar-refractivity contribution in [2.24, 2.45) is 0 Å². The summed E-state index contributed by atoms with van der Waals surface area (Å²) in [4.78, 5) is 0. The third kappa shape index (κ3) is 2.74. The fraction of sp³-hybridized carbons (Fsp3) is 0.250. The van der Waals surface area contributed by atoms with Crippen LogP contribution in [0.3, 0.4) is 0 Å². The van der Waals surface area contributed by atoms with Crippen LogP contribution in [0.5, 0.6) is 11.5 Å². The van der Waals surface area contributed by atoms with E-state index in [2.05, 4.69) is 34.9 Å². The molecule has 2 aromatic rings. The van der Waals surface area contributed by atoms with Crippen LogP contribution < -0.4 is 20.1 Å². The van der Waals surface area contributed by atoms with Crippen molar-refractivity contribution in [2.75, 3.05) is 14.2 Å². The summed E-state index contributed by atoms with van der Waals surface area (Å²) in [5.74, 6) is 1.63. The first-order valence-corrected chi connectivity index (χ1v) is 8.73. The molecule has 2 aromatic carbocycles. The second kappa shape index (κ2) is 6.41. The molecule has 0 spiro atoms. The molecule has 0 saturated carbocycles. The maximum Gasteiger partial charge on any atom is 0.171 e. The van der Waals surface area contributed by atoms with Gasteiger partial charge in [0, 0.05) is 16.8 Å². The molecule has 0 fully saturated rings. The Hall–Kier alpha value is -2.53. The van der Waals surface area contributed by atoms with Crippen LogP contribution in [-0.2, 0) is 6.42 Å². The molecule has 25 heavy (non-hydrogen) atoms. The molecule has 1 aliphatic carbocycles. The molecule has 1 heterocycles. The lowest BCUT2D eigenvalue weighted by Gasteiger charge is -2.36. The van der Waals surface area contributed by atoms with E-state index in [1.165, 1.54) is 16.7 Å². The summed E-state index contributed by atoms with van der Waals surface area (Å²) >= 11 is 5.49. The highest BCUT2D eigenvalue weighted by atomic mass is 32.1. The van der Waals surface area contributed by atoms with Crippen molar-refractivity contribution in [1.82, 2.24) is 10.6 Å². The Morgan fingerprint density at radius 3 is 2.68 bits per heavy atom. The number of nitrogens with one attached hydrogen (secondary N) is 2. The van der Waals surface area contributed by atoms with Gasteiger partial charge in [0.2, 0.25) is 0 Å². The van der Waals surface area contributed by atoms with Crippen molar-refractivity contribution in [2.45, 2.75) is 18.9 Å². The van der Waals surface area contributed by atoms with E-state index in [0.29, 0.717) is 5.11 Å². The lowest BCUT2D eigenvalue weighted by molar-refractivity contribution is 0.395. The highest BCUT2D eigenvalue weighted by Gasteiger charge is 2.32. The quantitative estimate of drug-likeness (QED) is 0.827. The Balaban J connectivity index is 1.87. The molecule has 0 bridgehead atoms. The van der Waals surface area contributed by atoms with Gasteiger partial charge in [-0.15, -0.1) is 0 Å². The first-order valence-electron chi connectivity index (χ1n) is 8.32. The van der Waals surface area contributed by atoms with Gasteiger partial charge in [-0.1, -0.05) is 24.3 Å². The number of aryl methyl sites for hydroxylation is 1. The fourth-order valence-corrected chi connectivity index (χ4v) is 3.90. The van der Waals surface area contributed by atoms with Crippen LogP contribution in [0.2, 0.25) is 0 Å². The molecule has 5 heteroatoms. The number of thiocarbonyl (C=S) groups is 1. The van der Waals surface area contributed by atoms with E-state index in [4.69, 9.17) is 21.7 Å². The predicted octanol–water partition coefficient (Wildman–Crippen LogP) is 3.58. The number of hydrogen-bond donors (Lipinski definition) is 2. The molecule has 0 aromatic heterocycles. The van der Waals surface area contributed by atoms with Crippen molar-refractivity contribution in [3.8, 4) is 11.5 Å². The van der Waals surface area contributed by atoms with Crippen LogP contribution in [0.1, 0.15) is 29.2 Å². The van der Waals surface area contributed by atoms with E-state index in [0.717, 1.165) is 35.6 Å². The minimum absolute atomic E-state index is 0.0258. The summed E-state index contributed by atoms with van der Waals surface area (Å²) < 4.78 is 11.0. The zero-order valence-corrected chi connectivity index (χ0v) is 15.1. The van der Waals surface area contributed by atoms with Crippen LogP contribution in [0, 0.1) is 0 Å². The minimum atomic E-state index is -0.0258. The fourth-order valence-electron chi connectivity index (χ4n) is 3.68. The number of fused-ring (bicyclic) bond motifs is 2. The topological polar surface area (TPSA) is 42.5 Å². The second-order valence-electron chi connectivity index (χ2n) is 6.20. The molecule has 128 valence electrons. The van der Waals surface area contributed by atoms with Crippen LogP contribution in [0.25, 0.3) is 5.70 Å². The number of ether oxygens (including phenoxy) is 2. The Labute approximate surface area is 152 Å². The summed E-state index contributed by atoms with van der Waals surface area (Å²) in [6.45, 7) is 0. The first-order chi connectivity index (χ1) is 12.2. The predicted molar refractivity (Wildman–Crippen MR) is 103 cm³/mol. The number of hydrogen-bond acceptors (Lipinski definition) is 3. The minimum Gasteiger partial charge on any atom is -0.497 e. The molecular weight excluding hydrogens is 332 g/mol. The summed E-state index contributed by atoms with van der Waals surface area (Å²) in [6.07, 6.45) is 1.99. The van der Waals surface area contributed by atoms with Crippen molar-refractivity contribution in [1.29, 1.82) is 0 Å². The zero-order chi connectivity index (χ0) is 17.4. The smallest absolute Gasteiger partial charge is 0.171 e. The average molecular weight is 352 g/mol. The normalized spacial score (nSPS) is 18.6. The summed E-state index contributed by atoms with van der Waals surface area (Å²) in [5.41, 5.74) is 6.06. The van der Waals surface area contributed by atoms with E-state index >= 15 is 0 Å². The molecule has 1 atom stereocenters. The Bertz CT molecular complexity index is 876. The molecule has 4 nitrogen and oxygen atoms in total. The zero-order valence-electron chi connectivity index (χ0n) is 14.3. The SMILES string of the molecule is COc1ccc(OC)c([C@@H]2NC(=S)NC3=C2CCc2ccccc23)c1. The Morgan fingerprint density at radius 1 is 1.04 bits per heavy atom. The largest absolute Gasteiger partial charge is 0.497 e.